The van der Waals surface area contributed by atoms with Gasteiger partial charge in [-0.25, -0.2) is 4.98 Å². The smallest absolute Gasteiger partial charge is 0.229 e. The van der Waals surface area contributed by atoms with Crippen molar-refractivity contribution < 1.29 is 4.52 Å². The molecule has 1 fully saturated rings. The Bertz CT molecular complexity index is 1200. The largest absolute Gasteiger partial charge is 0.370 e. The standard InChI is InChI=1S/C23H23N7OS/c24-22(25)30-12-4-7-18(30)13-20-28-21(29-31-20)16-8-10-17(11-9-16)26-23-27-19(14-32-23)15-5-2-1-3-6-15/h1-3,5-6,8-11,14,18H,4,7,12-13H2,(H3,24,25)(H,26,27)/t18-/m0/s1. The molecule has 0 saturated carbocycles. The van der Waals surface area contributed by atoms with Gasteiger partial charge in [0.25, 0.3) is 0 Å². The van der Waals surface area contributed by atoms with Crippen molar-refractivity contribution >= 4 is 28.1 Å². The van der Waals surface area contributed by atoms with E-state index in [-0.39, 0.29) is 12.0 Å². The first-order valence-electron chi connectivity index (χ1n) is 10.5. The van der Waals surface area contributed by atoms with E-state index in [2.05, 4.69) is 32.6 Å². The lowest BCUT2D eigenvalue weighted by atomic mass is 10.1. The Balaban J connectivity index is 1.24. The summed E-state index contributed by atoms with van der Waals surface area (Å²) in [5.41, 5.74) is 9.55. The Hall–Kier alpha value is -3.72. The minimum atomic E-state index is 0.103. The lowest BCUT2D eigenvalue weighted by Gasteiger charge is -2.23. The van der Waals surface area contributed by atoms with E-state index in [0.717, 1.165) is 47.0 Å². The Morgan fingerprint density at radius 3 is 2.72 bits per heavy atom. The van der Waals surface area contributed by atoms with Crippen LogP contribution >= 0.6 is 11.3 Å². The maximum absolute atomic E-state index is 7.70. The van der Waals surface area contributed by atoms with E-state index in [1.165, 1.54) is 0 Å². The molecule has 4 aromatic rings. The second-order valence-electron chi connectivity index (χ2n) is 7.70. The molecule has 8 nitrogen and oxygen atoms in total. The van der Waals surface area contributed by atoms with E-state index in [1.54, 1.807) is 11.3 Å². The molecule has 4 N–H and O–H groups in total. The van der Waals surface area contributed by atoms with Crippen LogP contribution in [0, 0.1) is 5.41 Å². The van der Waals surface area contributed by atoms with Gasteiger partial charge in [-0.1, -0.05) is 35.5 Å². The minimum Gasteiger partial charge on any atom is -0.370 e. The zero-order chi connectivity index (χ0) is 21.9. The second kappa shape index (κ2) is 8.80. The molecule has 1 atom stereocenters. The molecule has 9 heteroatoms. The summed E-state index contributed by atoms with van der Waals surface area (Å²) in [5.74, 6) is 1.22. The van der Waals surface area contributed by atoms with E-state index >= 15 is 0 Å². The highest BCUT2D eigenvalue weighted by atomic mass is 32.1. The van der Waals surface area contributed by atoms with Crippen LogP contribution in [0.3, 0.4) is 0 Å². The lowest BCUT2D eigenvalue weighted by Crippen LogP contribution is -2.41. The van der Waals surface area contributed by atoms with Crippen molar-refractivity contribution in [3.8, 4) is 22.6 Å². The van der Waals surface area contributed by atoms with Gasteiger partial charge in [0.2, 0.25) is 11.7 Å². The highest BCUT2D eigenvalue weighted by Crippen LogP contribution is 2.28. The van der Waals surface area contributed by atoms with Crippen molar-refractivity contribution in [2.45, 2.75) is 25.3 Å². The predicted octanol–water partition coefficient (Wildman–Crippen LogP) is 4.50. The summed E-state index contributed by atoms with van der Waals surface area (Å²) < 4.78 is 5.46. The van der Waals surface area contributed by atoms with Crippen molar-refractivity contribution in [2.75, 3.05) is 11.9 Å². The van der Waals surface area contributed by atoms with Gasteiger partial charge in [0, 0.05) is 41.2 Å². The molecule has 162 valence electrons. The maximum atomic E-state index is 7.70. The fourth-order valence-corrected chi connectivity index (χ4v) is 4.66. The van der Waals surface area contributed by atoms with E-state index in [0.29, 0.717) is 18.1 Å². The van der Waals surface area contributed by atoms with Crippen molar-refractivity contribution in [3.05, 3.63) is 65.9 Å². The Labute approximate surface area is 189 Å². The number of nitrogens with one attached hydrogen (secondary N) is 2. The van der Waals surface area contributed by atoms with Gasteiger partial charge in [0.05, 0.1) is 5.69 Å². The number of rotatable bonds is 6. The Morgan fingerprint density at radius 2 is 1.94 bits per heavy atom. The molecule has 0 radical (unpaired) electrons. The quantitative estimate of drug-likeness (QED) is 0.295. The molecule has 1 saturated heterocycles. The molecule has 3 heterocycles. The van der Waals surface area contributed by atoms with Crippen molar-refractivity contribution in [1.29, 1.82) is 5.41 Å². The molecular weight excluding hydrogens is 422 g/mol. The number of nitrogens with two attached hydrogens (primary N) is 1. The van der Waals surface area contributed by atoms with Crippen LogP contribution in [-0.4, -0.2) is 38.6 Å². The molecule has 2 aromatic carbocycles. The van der Waals surface area contributed by atoms with Gasteiger partial charge in [0.15, 0.2) is 11.1 Å². The molecule has 0 unspecified atom stereocenters. The lowest BCUT2D eigenvalue weighted by molar-refractivity contribution is 0.320. The number of guanidine groups is 1. The number of hydrogen-bond acceptors (Lipinski definition) is 7. The molecule has 1 aliphatic heterocycles. The fourth-order valence-electron chi connectivity index (χ4n) is 3.92. The van der Waals surface area contributed by atoms with Crippen LogP contribution in [0.15, 0.2) is 64.5 Å². The fraction of sp³-hybridized carbons (Fsp3) is 0.217. The van der Waals surface area contributed by atoms with Gasteiger partial charge in [-0.3, -0.25) is 5.41 Å². The topological polar surface area (TPSA) is 117 Å². The number of anilines is 2. The third kappa shape index (κ3) is 4.33. The SMILES string of the molecule is N=C(N)N1CCC[C@H]1Cc1nc(-c2ccc(Nc3nc(-c4ccccc4)cs3)cc2)no1. The number of benzene rings is 2. The highest BCUT2D eigenvalue weighted by molar-refractivity contribution is 7.14. The zero-order valence-corrected chi connectivity index (χ0v) is 18.2. The summed E-state index contributed by atoms with van der Waals surface area (Å²) in [5, 5.41) is 18.1. The van der Waals surface area contributed by atoms with Crippen LogP contribution < -0.4 is 11.1 Å². The second-order valence-corrected chi connectivity index (χ2v) is 8.55. The van der Waals surface area contributed by atoms with Crippen LogP contribution in [0.5, 0.6) is 0 Å². The van der Waals surface area contributed by atoms with Gasteiger partial charge in [0.1, 0.15) is 0 Å². The Morgan fingerprint density at radius 1 is 1.12 bits per heavy atom. The van der Waals surface area contributed by atoms with Gasteiger partial charge >= 0.3 is 0 Å². The zero-order valence-electron chi connectivity index (χ0n) is 17.4. The molecule has 0 bridgehead atoms. The summed E-state index contributed by atoms with van der Waals surface area (Å²) in [6, 6.07) is 18.1. The number of likely N-dealkylation sites (tertiary alicyclic amines) is 1. The number of hydrogen-bond donors (Lipinski definition) is 3. The van der Waals surface area contributed by atoms with Gasteiger partial charge in [-0.05, 0) is 37.1 Å². The maximum Gasteiger partial charge on any atom is 0.229 e. The third-order valence-electron chi connectivity index (χ3n) is 5.53. The van der Waals surface area contributed by atoms with Gasteiger partial charge in [-0.15, -0.1) is 11.3 Å². The average molecular weight is 446 g/mol. The predicted molar refractivity (Wildman–Crippen MR) is 126 cm³/mol. The van der Waals surface area contributed by atoms with E-state index < -0.39 is 0 Å². The molecule has 0 aliphatic carbocycles. The molecule has 32 heavy (non-hydrogen) atoms. The molecular formula is C23H23N7OS. The normalized spacial score (nSPS) is 15.8. The summed E-state index contributed by atoms with van der Waals surface area (Å²) in [6.07, 6.45) is 2.59. The van der Waals surface area contributed by atoms with Crippen LogP contribution in [0.25, 0.3) is 22.6 Å². The van der Waals surface area contributed by atoms with Crippen LogP contribution in [0.1, 0.15) is 18.7 Å². The molecule has 1 aliphatic rings. The van der Waals surface area contributed by atoms with Crippen LogP contribution in [0.2, 0.25) is 0 Å². The number of aromatic nitrogens is 3. The number of nitrogens with zero attached hydrogens (tertiary/aromatic N) is 4. The van der Waals surface area contributed by atoms with Crippen LogP contribution in [0.4, 0.5) is 10.8 Å². The summed E-state index contributed by atoms with van der Waals surface area (Å²) in [6.45, 7) is 0.807. The van der Waals surface area contributed by atoms with Gasteiger partial charge < -0.3 is 20.5 Å². The molecule has 2 aromatic heterocycles. The number of thiazole rings is 1. The first-order chi connectivity index (χ1) is 15.7. The molecule has 0 spiro atoms. The third-order valence-corrected chi connectivity index (χ3v) is 6.29. The van der Waals surface area contributed by atoms with Crippen LogP contribution in [-0.2, 0) is 6.42 Å². The summed E-state index contributed by atoms with van der Waals surface area (Å²) in [7, 11) is 0. The van der Waals surface area contributed by atoms with Crippen molar-refractivity contribution in [2.24, 2.45) is 5.73 Å². The first-order valence-corrected chi connectivity index (χ1v) is 11.4. The first kappa shape index (κ1) is 20.2. The minimum absolute atomic E-state index is 0.103. The Kier molecular flexibility index (Phi) is 5.55. The highest BCUT2D eigenvalue weighted by Gasteiger charge is 2.27. The van der Waals surface area contributed by atoms with E-state index in [1.807, 2.05) is 52.7 Å². The average Bonchev–Trinajstić information content (AvgIpc) is 3.57. The monoisotopic (exact) mass is 445 g/mol. The molecule has 0 amide bonds. The summed E-state index contributed by atoms with van der Waals surface area (Å²) >= 11 is 1.57. The van der Waals surface area contributed by atoms with Crippen molar-refractivity contribution in [1.82, 2.24) is 20.0 Å². The van der Waals surface area contributed by atoms with Crippen molar-refractivity contribution in [3.63, 3.8) is 0 Å². The molecule has 5 rings (SSSR count). The van der Waals surface area contributed by atoms with E-state index in [9.17, 15) is 0 Å². The van der Waals surface area contributed by atoms with E-state index in [4.69, 9.17) is 15.7 Å². The van der Waals surface area contributed by atoms with Gasteiger partial charge in [-0.2, -0.15) is 4.98 Å². The summed E-state index contributed by atoms with van der Waals surface area (Å²) in [4.78, 5) is 11.1.